The lowest BCUT2D eigenvalue weighted by Crippen LogP contribution is -2.30. The van der Waals surface area contributed by atoms with E-state index in [1.165, 1.54) is 17.8 Å². The van der Waals surface area contributed by atoms with Crippen molar-refractivity contribution >= 4 is 35.0 Å². The monoisotopic (exact) mass is 364 g/mol. The zero-order chi connectivity index (χ0) is 17.7. The van der Waals surface area contributed by atoms with Crippen molar-refractivity contribution in [2.24, 2.45) is 0 Å². The summed E-state index contributed by atoms with van der Waals surface area (Å²) in [4.78, 5) is 26.2. The Kier molecular flexibility index (Phi) is 6.23. The highest BCUT2D eigenvalue weighted by atomic mass is 35.5. The normalized spacial score (nSPS) is 10.5. The van der Waals surface area contributed by atoms with Crippen LogP contribution >= 0.6 is 23.4 Å². The fourth-order valence-electron chi connectivity index (χ4n) is 2.23. The first kappa shape index (κ1) is 18.3. The summed E-state index contributed by atoms with van der Waals surface area (Å²) in [5.41, 5.74) is 0.235. The first-order chi connectivity index (χ1) is 11.5. The van der Waals surface area contributed by atoms with E-state index < -0.39 is 4.92 Å². The first-order valence-corrected chi connectivity index (χ1v) is 8.66. The number of halogens is 1. The fourth-order valence-corrected chi connectivity index (χ4v) is 3.45. The predicted molar refractivity (Wildman–Crippen MR) is 95.9 cm³/mol. The van der Waals surface area contributed by atoms with E-state index in [9.17, 15) is 14.9 Å². The van der Waals surface area contributed by atoms with Gasteiger partial charge in [0.05, 0.1) is 9.82 Å². The van der Waals surface area contributed by atoms with E-state index in [2.05, 4.69) is 0 Å². The molecule has 0 aliphatic carbocycles. The Morgan fingerprint density at radius 3 is 2.50 bits per heavy atom. The van der Waals surface area contributed by atoms with E-state index in [1.54, 1.807) is 35.2 Å². The van der Waals surface area contributed by atoms with Gasteiger partial charge in [-0.2, -0.15) is 0 Å². The first-order valence-electron chi connectivity index (χ1n) is 7.47. The van der Waals surface area contributed by atoms with Crippen LogP contribution in [0.3, 0.4) is 0 Å². The van der Waals surface area contributed by atoms with Crippen LogP contribution in [0.25, 0.3) is 0 Å². The van der Waals surface area contributed by atoms with Gasteiger partial charge in [0.2, 0.25) is 0 Å². The lowest BCUT2D eigenvalue weighted by Gasteiger charge is -2.18. The van der Waals surface area contributed by atoms with Gasteiger partial charge in [-0.1, -0.05) is 29.4 Å². The second-order valence-corrected chi connectivity index (χ2v) is 6.53. The number of benzene rings is 2. The maximum absolute atomic E-state index is 12.4. The number of carbonyl (C=O) groups excluding carboxylic acids is 1. The molecule has 0 saturated heterocycles. The summed E-state index contributed by atoms with van der Waals surface area (Å²) in [7, 11) is 0. The van der Waals surface area contributed by atoms with E-state index >= 15 is 0 Å². The molecule has 0 heterocycles. The number of amides is 1. The lowest BCUT2D eigenvalue weighted by molar-refractivity contribution is -0.387. The zero-order valence-electron chi connectivity index (χ0n) is 13.4. The van der Waals surface area contributed by atoms with Gasteiger partial charge in [-0.05, 0) is 44.2 Å². The van der Waals surface area contributed by atoms with Gasteiger partial charge in [0.1, 0.15) is 0 Å². The van der Waals surface area contributed by atoms with Gasteiger partial charge < -0.3 is 4.90 Å². The molecular weight excluding hydrogens is 348 g/mol. The molecule has 0 N–H and O–H groups in total. The largest absolute Gasteiger partial charge is 0.339 e. The van der Waals surface area contributed by atoms with Crippen molar-refractivity contribution in [1.82, 2.24) is 4.90 Å². The van der Waals surface area contributed by atoms with Crippen molar-refractivity contribution in [3.8, 4) is 0 Å². The highest BCUT2D eigenvalue weighted by molar-refractivity contribution is 7.99. The molecule has 0 fully saturated rings. The number of nitro benzene ring substituents is 1. The van der Waals surface area contributed by atoms with Crippen molar-refractivity contribution in [3.63, 3.8) is 0 Å². The second-order valence-electron chi connectivity index (χ2n) is 4.98. The molecule has 2 rings (SSSR count). The molecule has 7 heteroatoms. The average Bonchev–Trinajstić information content (AvgIpc) is 2.56. The SMILES string of the molecule is CCN(CC)C(=O)c1ccc(Sc2cccc(Cl)c2)c([N+](=O)[O-])c1. The number of nitrogens with zero attached hydrogens (tertiary/aromatic N) is 2. The van der Waals surface area contributed by atoms with Crippen LogP contribution in [-0.2, 0) is 0 Å². The number of carbonyl (C=O) groups is 1. The molecule has 0 aliphatic heterocycles. The summed E-state index contributed by atoms with van der Waals surface area (Å²) in [5, 5.41) is 12.0. The van der Waals surface area contributed by atoms with E-state index in [4.69, 9.17) is 11.6 Å². The Balaban J connectivity index is 2.37. The molecule has 0 bridgehead atoms. The Morgan fingerprint density at radius 2 is 1.92 bits per heavy atom. The summed E-state index contributed by atoms with van der Waals surface area (Å²) < 4.78 is 0. The summed E-state index contributed by atoms with van der Waals surface area (Å²) in [6.45, 7) is 4.86. The smallest absolute Gasteiger partial charge is 0.284 e. The number of hydrogen-bond donors (Lipinski definition) is 0. The summed E-state index contributed by atoms with van der Waals surface area (Å²) in [5.74, 6) is -0.206. The molecule has 0 atom stereocenters. The summed E-state index contributed by atoms with van der Waals surface area (Å²) in [6, 6.07) is 11.7. The van der Waals surface area contributed by atoms with Gasteiger partial charge in [0, 0.05) is 34.6 Å². The van der Waals surface area contributed by atoms with Crippen LogP contribution in [0.4, 0.5) is 5.69 Å². The Labute approximate surface area is 149 Å². The molecule has 2 aromatic rings. The Morgan fingerprint density at radius 1 is 1.21 bits per heavy atom. The second kappa shape index (κ2) is 8.17. The molecule has 0 unspecified atom stereocenters. The fraction of sp³-hybridized carbons (Fsp3) is 0.235. The van der Waals surface area contributed by atoms with Crippen LogP contribution in [0.1, 0.15) is 24.2 Å². The molecular formula is C17H17ClN2O3S. The van der Waals surface area contributed by atoms with Gasteiger partial charge in [0.25, 0.3) is 11.6 Å². The van der Waals surface area contributed by atoms with Gasteiger partial charge in [-0.15, -0.1) is 0 Å². The Bertz CT molecular complexity index is 763. The molecule has 0 spiro atoms. The van der Waals surface area contributed by atoms with Crippen LogP contribution in [0.15, 0.2) is 52.3 Å². The van der Waals surface area contributed by atoms with Gasteiger partial charge in [-0.25, -0.2) is 0 Å². The molecule has 0 radical (unpaired) electrons. The van der Waals surface area contributed by atoms with E-state index in [-0.39, 0.29) is 11.6 Å². The van der Waals surface area contributed by atoms with Crippen LogP contribution in [-0.4, -0.2) is 28.8 Å². The topological polar surface area (TPSA) is 63.5 Å². The van der Waals surface area contributed by atoms with Gasteiger partial charge >= 0.3 is 0 Å². The molecule has 5 nitrogen and oxygen atoms in total. The van der Waals surface area contributed by atoms with Crippen molar-refractivity contribution in [1.29, 1.82) is 0 Å². The quantitative estimate of drug-likeness (QED) is 0.541. The Hall–Kier alpha value is -2.05. The summed E-state index contributed by atoms with van der Waals surface area (Å²) >= 11 is 7.20. The van der Waals surface area contributed by atoms with Crippen LogP contribution in [0.2, 0.25) is 5.02 Å². The number of hydrogen-bond acceptors (Lipinski definition) is 4. The molecule has 2 aromatic carbocycles. The maximum atomic E-state index is 12.4. The molecule has 0 aliphatic rings. The minimum Gasteiger partial charge on any atom is -0.339 e. The maximum Gasteiger partial charge on any atom is 0.284 e. The van der Waals surface area contributed by atoms with Crippen LogP contribution in [0.5, 0.6) is 0 Å². The van der Waals surface area contributed by atoms with Gasteiger partial charge in [-0.3, -0.25) is 14.9 Å². The third-order valence-corrected chi connectivity index (χ3v) is 4.77. The highest BCUT2D eigenvalue weighted by Crippen LogP contribution is 2.36. The minimum absolute atomic E-state index is 0.0852. The van der Waals surface area contributed by atoms with Gasteiger partial charge in [0.15, 0.2) is 0 Å². The van der Waals surface area contributed by atoms with E-state index in [0.29, 0.717) is 28.6 Å². The zero-order valence-corrected chi connectivity index (χ0v) is 14.9. The number of nitro groups is 1. The van der Waals surface area contributed by atoms with Crippen molar-refractivity contribution in [3.05, 3.63) is 63.2 Å². The molecule has 126 valence electrons. The standard InChI is InChI=1S/C17H17ClN2O3S/c1-3-19(4-2)17(21)12-8-9-16(15(10-12)20(22)23)24-14-7-5-6-13(18)11-14/h5-11H,3-4H2,1-2H3. The minimum atomic E-state index is -0.466. The third kappa shape index (κ3) is 4.27. The number of rotatable bonds is 6. The summed E-state index contributed by atoms with van der Waals surface area (Å²) in [6.07, 6.45) is 0. The van der Waals surface area contributed by atoms with E-state index in [1.807, 2.05) is 19.9 Å². The van der Waals surface area contributed by atoms with E-state index in [0.717, 1.165) is 4.90 Å². The highest BCUT2D eigenvalue weighted by Gasteiger charge is 2.20. The lowest BCUT2D eigenvalue weighted by atomic mass is 10.1. The van der Waals surface area contributed by atoms with Crippen LogP contribution < -0.4 is 0 Å². The molecule has 24 heavy (non-hydrogen) atoms. The average molecular weight is 365 g/mol. The third-order valence-electron chi connectivity index (χ3n) is 3.48. The molecule has 1 amide bonds. The molecule has 0 saturated carbocycles. The molecule has 0 aromatic heterocycles. The van der Waals surface area contributed by atoms with Crippen molar-refractivity contribution in [2.45, 2.75) is 23.6 Å². The van der Waals surface area contributed by atoms with Crippen molar-refractivity contribution in [2.75, 3.05) is 13.1 Å². The predicted octanol–water partition coefficient (Wildman–Crippen LogP) is 4.88. The van der Waals surface area contributed by atoms with Crippen molar-refractivity contribution < 1.29 is 9.72 Å². The van der Waals surface area contributed by atoms with Crippen LogP contribution in [0, 0.1) is 10.1 Å².